The maximum atomic E-state index is 13.8. The quantitative estimate of drug-likeness (QED) is 0.902. The van der Waals surface area contributed by atoms with Gasteiger partial charge in [0.05, 0.1) is 12.6 Å². The zero-order valence-corrected chi connectivity index (χ0v) is 10.4. The first-order valence-corrected chi connectivity index (χ1v) is 6.02. The summed E-state index contributed by atoms with van der Waals surface area (Å²) < 4.78 is 13.8. The van der Waals surface area contributed by atoms with Gasteiger partial charge in [-0.2, -0.15) is 0 Å². The van der Waals surface area contributed by atoms with Crippen LogP contribution in [0.1, 0.15) is 24.9 Å². The normalized spacial score (nSPS) is 19.6. The molecule has 92 valence electrons. The van der Waals surface area contributed by atoms with Crippen LogP contribution in [0.5, 0.6) is 0 Å². The fourth-order valence-electron chi connectivity index (χ4n) is 2.08. The van der Waals surface area contributed by atoms with Crippen LogP contribution in [-0.4, -0.2) is 23.9 Å². The number of halogens is 2. The molecule has 2 rings (SSSR count). The topological polar surface area (TPSA) is 41.6 Å². The molecule has 0 saturated carbocycles. The summed E-state index contributed by atoms with van der Waals surface area (Å²) in [7, 11) is 0. The van der Waals surface area contributed by atoms with Crippen molar-refractivity contribution >= 4 is 17.6 Å². The molecule has 3 nitrogen and oxygen atoms in total. The highest BCUT2D eigenvalue weighted by molar-refractivity contribution is 6.30. The average Bonchev–Trinajstić information content (AvgIpc) is 2.62. The van der Waals surface area contributed by atoms with Gasteiger partial charge in [0, 0.05) is 17.1 Å². The van der Waals surface area contributed by atoms with E-state index in [1.54, 1.807) is 12.1 Å². The van der Waals surface area contributed by atoms with Gasteiger partial charge in [0.25, 0.3) is 0 Å². The van der Waals surface area contributed by atoms with E-state index in [0.717, 1.165) is 13.0 Å². The summed E-state index contributed by atoms with van der Waals surface area (Å²) in [5.41, 5.74) is 6.40. The molecule has 1 unspecified atom stereocenters. The maximum absolute atomic E-state index is 13.8. The number of hydrogen-bond acceptors (Lipinski definition) is 3. The first-order valence-electron chi connectivity index (χ1n) is 5.65. The Morgan fingerprint density at radius 1 is 1.59 bits per heavy atom. The van der Waals surface area contributed by atoms with E-state index in [1.165, 1.54) is 6.07 Å². The minimum Gasteiger partial charge on any atom is -0.370 e. The van der Waals surface area contributed by atoms with Gasteiger partial charge >= 0.3 is 0 Å². The van der Waals surface area contributed by atoms with Crippen LogP contribution in [-0.2, 0) is 0 Å². The average molecular weight is 256 g/mol. The molecule has 2 N–H and O–H groups in total. The van der Waals surface area contributed by atoms with E-state index in [9.17, 15) is 4.39 Å². The third-order valence-corrected chi connectivity index (χ3v) is 3.12. The van der Waals surface area contributed by atoms with E-state index >= 15 is 0 Å². The molecule has 5 heteroatoms. The Hall–Kier alpha value is -1.29. The lowest BCUT2D eigenvalue weighted by Gasteiger charge is -2.26. The summed E-state index contributed by atoms with van der Waals surface area (Å²) in [6.07, 6.45) is 0.946. The zero-order valence-electron chi connectivity index (χ0n) is 9.66. The van der Waals surface area contributed by atoms with Gasteiger partial charge in [-0.3, -0.25) is 4.99 Å². The van der Waals surface area contributed by atoms with Gasteiger partial charge < -0.3 is 10.6 Å². The molecule has 1 aromatic rings. The van der Waals surface area contributed by atoms with Crippen LogP contribution in [0.4, 0.5) is 4.39 Å². The van der Waals surface area contributed by atoms with E-state index < -0.39 is 0 Å². The van der Waals surface area contributed by atoms with Crippen LogP contribution in [0.15, 0.2) is 23.2 Å². The van der Waals surface area contributed by atoms with Gasteiger partial charge in [-0.1, -0.05) is 24.6 Å². The van der Waals surface area contributed by atoms with E-state index in [0.29, 0.717) is 23.1 Å². The number of hydrogen-bond donors (Lipinski definition) is 1. The van der Waals surface area contributed by atoms with Crippen molar-refractivity contribution in [2.75, 3.05) is 13.1 Å². The summed E-state index contributed by atoms with van der Waals surface area (Å²) >= 11 is 5.74. The maximum Gasteiger partial charge on any atom is 0.191 e. The third kappa shape index (κ3) is 2.36. The Morgan fingerprint density at radius 2 is 2.35 bits per heavy atom. The minimum absolute atomic E-state index is 0.104. The van der Waals surface area contributed by atoms with E-state index in [4.69, 9.17) is 17.3 Å². The van der Waals surface area contributed by atoms with E-state index in [1.807, 2.05) is 4.90 Å². The Balaban J connectivity index is 2.28. The van der Waals surface area contributed by atoms with Crippen LogP contribution >= 0.6 is 11.6 Å². The smallest absolute Gasteiger partial charge is 0.191 e. The molecule has 1 aliphatic rings. The number of nitrogens with two attached hydrogens (primary N) is 1. The van der Waals surface area contributed by atoms with Crippen LogP contribution in [0.2, 0.25) is 5.02 Å². The summed E-state index contributed by atoms with van der Waals surface area (Å²) in [6.45, 7) is 3.34. The van der Waals surface area contributed by atoms with Crippen molar-refractivity contribution in [2.24, 2.45) is 10.7 Å². The molecular formula is C12H15ClFN3. The van der Waals surface area contributed by atoms with Crippen molar-refractivity contribution in [3.05, 3.63) is 34.6 Å². The molecule has 1 atom stereocenters. The van der Waals surface area contributed by atoms with Gasteiger partial charge in [0.15, 0.2) is 5.96 Å². The number of aliphatic imine (C=N–C) groups is 1. The Morgan fingerprint density at radius 3 is 3.00 bits per heavy atom. The molecule has 0 spiro atoms. The highest BCUT2D eigenvalue weighted by Crippen LogP contribution is 2.29. The first kappa shape index (κ1) is 12.2. The second-order valence-corrected chi connectivity index (χ2v) is 4.51. The SMILES string of the molecule is CCCN1C(N)=NCC1c1ccc(Cl)cc1F. The summed E-state index contributed by atoms with van der Waals surface area (Å²) in [6, 6.07) is 4.62. The van der Waals surface area contributed by atoms with Gasteiger partial charge in [0.2, 0.25) is 0 Å². The van der Waals surface area contributed by atoms with Crippen molar-refractivity contribution in [1.29, 1.82) is 0 Å². The predicted octanol–water partition coefficient (Wildman–Crippen LogP) is 2.56. The van der Waals surface area contributed by atoms with Gasteiger partial charge in [0.1, 0.15) is 5.82 Å². The fourth-order valence-corrected chi connectivity index (χ4v) is 2.24. The predicted molar refractivity (Wildman–Crippen MR) is 67.6 cm³/mol. The molecule has 17 heavy (non-hydrogen) atoms. The Kier molecular flexibility index (Phi) is 3.52. The fraction of sp³-hybridized carbons (Fsp3) is 0.417. The second kappa shape index (κ2) is 4.92. The Labute approximate surface area is 105 Å². The lowest BCUT2D eigenvalue weighted by atomic mass is 10.1. The monoisotopic (exact) mass is 255 g/mol. The molecule has 0 fully saturated rings. The van der Waals surface area contributed by atoms with Crippen molar-refractivity contribution in [2.45, 2.75) is 19.4 Å². The molecule has 0 saturated heterocycles. The highest BCUT2D eigenvalue weighted by atomic mass is 35.5. The molecule has 1 aliphatic heterocycles. The highest BCUT2D eigenvalue weighted by Gasteiger charge is 2.28. The van der Waals surface area contributed by atoms with Crippen LogP contribution in [0.3, 0.4) is 0 Å². The minimum atomic E-state index is -0.298. The lowest BCUT2D eigenvalue weighted by molar-refractivity contribution is 0.338. The number of nitrogens with zero attached hydrogens (tertiary/aromatic N) is 2. The van der Waals surface area contributed by atoms with Gasteiger partial charge in [-0.25, -0.2) is 4.39 Å². The largest absolute Gasteiger partial charge is 0.370 e. The Bertz CT molecular complexity index is 447. The van der Waals surface area contributed by atoms with E-state index in [-0.39, 0.29) is 11.9 Å². The molecule has 0 aliphatic carbocycles. The van der Waals surface area contributed by atoms with Crippen LogP contribution in [0.25, 0.3) is 0 Å². The molecule has 0 amide bonds. The number of rotatable bonds is 3. The molecular weight excluding hydrogens is 241 g/mol. The molecule has 0 radical (unpaired) electrons. The second-order valence-electron chi connectivity index (χ2n) is 4.07. The zero-order chi connectivity index (χ0) is 12.4. The van der Waals surface area contributed by atoms with Crippen molar-refractivity contribution in [1.82, 2.24) is 4.90 Å². The molecule has 1 aromatic carbocycles. The lowest BCUT2D eigenvalue weighted by Crippen LogP contribution is -2.36. The molecule has 1 heterocycles. The summed E-state index contributed by atoms with van der Waals surface area (Å²) in [5, 5.41) is 0.403. The number of guanidine groups is 1. The number of benzene rings is 1. The van der Waals surface area contributed by atoms with Crippen LogP contribution < -0.4 is 5.73 Å². The van der Waals surface area contributed by atoms with Gasteiger partial charge in [-0.15, -0.1) is 0 Å². The van der Waals surface area contributed by atoms with Crippen molar-refractivity contribution in [3.8, 4) is 0 Å². The van der Waals surface area contributed by atoms with Gasteiger partial charge in [-0.05, 0) is 18.6 Å². The van der Waals surface area contributed by atoms with E-state index in [2.05, 4.69) is 11.9 Å². The third-order valence-electron chi connectivity index (χ3n) is 2.88. The van der Waals surface area contributed by atoms with Crippen molar-refractivity contribution < 1.29 is 4.39 Å². The summed E-state index contributed by atoms with van der Waals surface area (Å²) in [4.78, 5) is 6.12. The molecule has 0 bridgehead atoms. The summed E-state index contributed by atoms with van der Waals surface area (Å²) in [5.74, 6) is 0.194. The standard InChI is InChI=1S/C12H15ClFN3/c1-2-5-17-11(7-16-12(17)15)9-4-3-8(13)6-10(9)14/h3-4,6,11H,2,5,7H2,1H3,(H2,15,16). The van der Waals surface area contributed by atoms with Crippen LogP contribution in [0, 0.1) is 5.82 Å². The molecule has 0 aromatic heterocycles. The van der Waals surface area contributed by atoms with Crippen molar-refractivity contribution in [3.63, 3.8) is 0 Å². The first-order chi connectivity index (χ1) is 8.13.